The van der Waals surface area contributed by atoms with Crippen molar-refractivity contribution in [3.05, 3.63) is 40.0 Å². The van der Waals surface area contributed by atoms with E-state index in [9.17, 15) is 9.59 Å². The van der Waals surface area contributed by atoms with E-state index in [1.54, 1.807) is 0 Å². The Bertz CT molecular complexity index is 509. The van der Waals surface area contributed by atoms with Gasteiger partial charge in [-0.2, -0.15) is 0 Å². The molecule has 1 aromatic carbocycles. The highest BCUT2D eigenvalue weighted by molar-refractivity contribution is 14.1. The molecule has 0 saturated carbocycles. The van der Waals surface area contributed by atoms with E-state index in [0.29, 0.717) is 18.5 Å². The number of nitrogens with zero attached hydrogens (tertiary/aromatic N) is 1. The fourth-order valence-electron chi connectivity index (χ4n) is 2.64. The van der Waals surface area contributed by atoms with Crippen LogP contribution in [-0.2, 0) is 9.59 Å². The number of fused-ring (bicyclic) bond motifs is 1. The van der Waals surface area contributed by atoms with Crippen molar-refractivity contribution in [2.75, 3.05) is 4.90 Å². The highest BCUT2D eigenvalue weighted by Gasteiger charge is 2.47. The Morgan fingerprint density at radius 2 is 1.44 bits per heavy atom. The Hall–Kier alpha value is -1.17. The summed E-state index contributed by atoms with van der Waals surface area (Å²) in [6.45, 7) is 0. The largest absolute Gasteiger partial charge is 0.274 e. The summed E-state index contributed by atoms with van der Waals surface area (Å²) in [7, 11) is 0. The number of allylic oxidation sites excluding steroid dienone is 2. The Kier molecular flexibility index (Phi) is 2.97. The lowest BCUT2D eigenvalue weighted by atomic mass is 9.85. The smallest absolute Gasteiger partial charge is 0.238 e. The van der Waals surface area contributed by atoms with E-state index in [1.165, 1.54) is 4.90 Å². The van der Waals surface area contributed by atoms with Gasteiger partial charge in [-0.3, -0.25) is 14.5 Å². The molecule has 3 rings (SSSR count). The van der Waals surface area contributed by atoms with E-state index in [-0.39, 0.29) is 23.7 Å². The fraction of sp³-hybridized carbons (Fsp3) is 0.286. The van der Waals surface area contributed by atoms with Gasteiger partial charge in [-0.25, -0.2) is 0 Å². The van der Waals surface area contributed by atoms with Crippen molar-refractivity contribution in [1.29, 1.82) is 0 Å². The van der Waals surface area contributed by atoms with Gasteiger partial charge in [0.1, 0.15) is 0 Å². The zero-order chi connectivity index (χ0) is 12.7. The van der Waals surface area contributed by atoms with Crippen LogP contribution in [-0.4, -0.2) is 11.8 Å². The van der Waals surface area contributed by atoms with Crippen LogP contribution in [0.4, 0.5) is 5.69 Å². The SMILES string of the molecule is O=C1[C@@H]2CC=CC[C@H]2C(=O)N1c1ccc(I)cc1. The van der Waals surface area contributed by atoms with Crippen LogP contribution < -0.4 is 4.90 Å². The zero-order valence-electron chi connectivity index (χ0n) is 9.67. The molecule has 1 fully saturated rings. The van der Waals surface area contributed by atoms with Crippen molar-refractivity contribution in [3.63, 3.8) is 0 Å². The van der Waals surface area contributed by atoms with Gasteiger partial charge in [-0.05, 0) is 59.7 Å². The zero-order valence-corrected chi connectivity index (χ0v) is 11.8. The first kappa shape index (κ1) is 11.9. The van der Waals surface area contributed by atoms with Crippen molar-refractivity contribution in [3.8, 4) is 0 Å². The highest BCUT2D eigenvalue weighted by Crippen LogP contribution is 2.37. The molecule has 1 aliphatic heterocycles. The molecule has 0 spiro atoms. The van der Waals surface area contributed by atoms with E-state index in [0.717, 1.165) is 3.57 Å². The molecule has 2 atom stereocenters. The molecule has 2 amide bonds. The molecule has 0 aromatic heterocycles. The topological polar surface area (TPSA) is 37.4 Å². The number of imide groups is 1. The number of rotatable bonds is 1. The quantitative estimate of drug-likeness (QED) is 0.442. The van der Waals surface area contributed by atoms with E-state index < -0.39 is 0 Å². The average Bonchev–Trinajstić information content (AvgIpc) is 2.64. The summed E-state index contributed by atoms with van der Waals surface area (Å²) in [6.07, 6.45) is 5.39. The average molecular weight is 353 g/mol. The normalized spacial score (nSPS) is 26.6. The first-order valence-corrected chi connectivity index (χ1v) is 7.05. The van der Waals surface area contributed by atoms with Gasteiger partial charge >= 0.3 is 0 Å². The van der Waals surface area contributed by atoms with Crippen LogP contribution in [0.3, 0.4) is 0 Å². The molecule has 0 radical (unpaired) electrons. The minimum Gasteiger partial charge on any atom is -0.274 e. The van der Waals surface area contributed by atoms with Gasteiger partial charge in [0, 0.05) is 3.57 Å². The Morgan fingerprint density at radius 1 is 0.944 bits per heavy atom. The second kappa shape index (κ2) is 4.50. The van der Waals surface area contributed by atoms with Crippen molar-refractivity contribution in [2.24, 2.45) is 11.8 Å². The van der Waals surface area contributed by atoms with Crippen LogP contribution in [0.15, 0.2) is 36.4 Å². The van der Waals surface area contributed by atoms with Crippen molar-refractivity contribution >= 4 is 40.1 Å². The highest BCUT2D eigenvalue weighted by atomic mass is 127. The molecule has 4 heteroatoms. The summed E-state index contributed by atoms with van der Waals surface area (Å²) in [5, 5.41) is 0. The van der Waals surface area contributed by atoms with E-state index in [1.807, 2.05) is 36.4 Å². The molecule has 0 N–H and O–H groups in total. The first-order valence-electron chi connectivity index (χ1n) is 5.97. The lowest BCUT2D eigenvalue weighted by molar-refractivity contribution is -0.122. The molecule has 18 heavy (non-hydrogen) atoms. The van der Waals surface area contributed by atoms with E-state index in [2.05, 4.69) is 22.6 Å². The predicted molar refractivity (Wildman–Crippen MR) is 77.0 cm³/mol. The summed E-state index contributed by atoms with van der Waals surface area (Å²) < 4.78 is 1.09. The molecular weight excluding hydrogens is 341 g/mol. The summed E-state index contributed by atoms with van der Waals surface area (Å²) in [5.74, 6) is -0.394. The van der Waals surface area contributed by atoms with Gasteiger partial charge in [0.25, 0.3) is 0 Å². The minimum atomic E-state index is -0.151. The number of hydrogen-bond acceptors (Lipinski definition) is 2. The number of halogens is 1. The van der Waals surface area contributed by atoms with Crippen LogP contribution in [0.25, 0.3) is 0 Å². The standard InChI is InChI=1S/C14H12INO2/c15-9-5-7-10(8-6-9)16-13(17)11-3-1-2-4-12(11)14(16)18/h1-2,5-8,11-12H,3-4H2/t11-,12-/m1/s1. The molecule has 1 heterocycles. The number of hydrogen-bond donors (Lipinski definition) is 0. The van der Waals surface area contributed by atoms with Gasteiger partial charge in [-0.15, -0.1) is 0 Å². The van der Waals surface area contributed by atoms with Gasteiger partial charge < -0.3 is 0 Å². The third-order valence-electron chi connectivity index (χ3n) is 3.59. The molecule has 0 unspecified atom stereocenters. The number of amides is 2. The maximum atomic E-state index is 12.3. The van der Waals surface area contributed by atoms with Crippen LogP contribution in [0.5, 0.6) is 0 Å². The second-order valence-corrected chi connectivity index (χ2v) is 5.89. The summed E-state index contributed by atoms with van der Waals surface area (Å²) in [4.78, 5) is 26.0. The van der Waals surface area contributed by atoms with Gasteiger partial charge in [0.15, 0.2) is 0 Å². The van der Waals surface area contributed by atoms with E-state index in [4.69, 9.17) is 0 Å². The van der Waals surface area contributed by atoms with Crippen LogP contribution in [0, 0.1) is 15.4 Å². The molecular formula is C14H12INO2. The minimum absolute atomic E-state index is 0.0458. The van der Waals surface area contributed by atoms with Crippen LogP contribution >= 0.6 is 22.6 Å². The molecule has 0 bridgehead atoms. The van der Waals surface area contributed by atoms with Crippen LogP contribution in [0.1, 0.15) is 12.8 Å². The number of benzene rings is 1. The summed E-state index contributed by atoms with van der Waals surface area (Å²) in [6, 6.07) is 7.50. The Labute approximate surface area is 119 Å². The number of anilines is 1. The van der Waals surface area contributed by atoms with E-state index >= 15 is 0 Å². The number of carbonyl (C=O) groups excluding carboxylic acids is 2. The lowest BCUT2D eigenvalue weighted by Gasteiger charge is -2.14. The maximum absolute atomic E-state index is 12.3. The molecule has 1 aliphatic carbocycles. The molecule has 1 saturated heterocycles. The van der Waals surface area contributed by atoms with Crippen molar-refractivity contribution in [1.82, 2.24) is 0 Å². The second-order valence-electron chi connectivity index (χ2n) is 4.64. The Balaban J connectivity index is 1.96. The summed E-state index contributed by atoms with van der Waals surface area (Å²) in [5.41, 5.74) is 0.694. The summed E-state index contributed by atoms with van der Waals surface area (Å²) >= 11 is 2.20. The molecule has 1 aromatic rings. The van der Waals surface area contributed by atoms with Gasteiger partial charge in [-0.1, -0.05) is 12.2 Å². The lowest BCUT2D eigenvalue weighted by Crippen LogP contribution is -2.30. The number of carbonyl (C=O) groups is 2. The van der Waals surface area contributed by atoms with Gasteiger partial charge in [0.2, 0.25) is 11.8 Å². The third kappa shape index (κ3) is 1.79. The van der Waals surface area contributed by atoms with Crippen molar-refractivity contribution < 1.29 is 9.59 Å². The molecule has 2 aliphatic rings. The van der Waals surface area contributed by atoms with Crippen LogP contribution in [0.2, 0.25) is 0 Å². The molecule has 3 nitrogen and oxygen atoms in total. The fourth-order valence-corrected chi connectivity index (χ4v) is 3.00. The third-order valence-corrected chi connectivity index (χ3v) is 4.31. The monoisotopic (exact) mass is 353 g/mol. The Morgan fingerprint density at radius 3 is 1.94 bits per heavy atom. The predicted octanol–water partition coefficient (Wildman–Crippen LogP) is 2.75. The maximum Gasteiger partial charge on any atom is 0.238 e. The van der Waals surface area contributed by atoms with Gasteiger partial charge in [0.05, 0.1) is 17.5 Å². The molecule has 92 valence electrons. The van der Waals surface area contributed by atoms with Crippen molar-refractivity contribution in [2.45, 2.75) is 12.8 Å². The first-order chi connectivity index (χ1) is 8.68.